The van der Waals surface area contributed by atoms with Crippen LogP contribution in [0.1, 0.15) is 56.7 Å². The van der Waals surface area contributed by atoms with Gasteiger partial charge >= 0.3 is 12.1 Å². The van der Waals surface area contributed by atoms with Crippen molar-refractivity contribution in [3.05, 3.63) is 34.5 Å². The second-order valence-corrected chi connectivity index (χ2v) is 14.5. The normalized spacial score (nSPS) is 20.4. The number of hydrogen-bond acceptors (Lipinski definition) is 12. The fraction of sp³-hybridized carbons (Fsp3) is 0.485. The summed E-state index contributed by atoms with van der Waals surface area (Å²) in [7, 11) is 0. The number of nitrogens with one attached hydrogen (secondary N) is 2. The standard InChI is InChI=1S/C33H34F3N7O5S/c1-32(2,3)48-31(45)42-29-17(10-37)22-25(39-11-20(35)27(22)49-29)21-18-13-46-14-19(18)23-26(24(21)36)40-30(41-28(23)38-6-8-44)47-15-33-5-4-7-43(33)12-16(34)9-33/h11,16,44H,4-9,12-15H2,1-3H3,(H,42,45)(H,38,40,41)/t16-,33+/m1/s1. The number of pyridine rings is 1. The molecule has 16 heteroatoms. The number of nitriles is 1. The lowest BCUT2D eigenvalue weighted by molar-refractivity contribution is 0.0636. The molecule has 3 aliphatic rings. The number of aromatic nitrogens is 3. The monoisotopic (exact) mass is 697 g/mol. The highest BCUT2D eigenvalue weighted by Crippen LogP contribution is 2.47. The van der Waals surface area contributed by atoms with E-state index in [9.17, 15) is 19.6 Å². The maximum atomic E-state index is 17.1. The third-order valence-electron chi connectivity index (χ3n) is 9.04. The third kappa shape index (κ3) is 5.88. The molecule has 49 heavy (non-hydrogen) atoms. The summed E-state index contributed by atoms with van der Waals surface area (Å²) in [6, 6.07) is 1.88. The fourth-order valence-electron chi connectivity index (χ4n) is 7.12. The summed E-state index contributed by atoms with van der Waals surface area (Å²) < 4.78 is 64.1. The SMILES string of the molecule is CC(C)(C)OC(=O)Nc1sc2c(F)cnc(-c3c4c(c5c(NCCO)nc(OC[C@@]67CCCN6C[C@H](F)C7)nc5c3F)COC4)c2c1C#N. The Morgan fingerprint density at radius 1 is 1.27 bits per heavy atom. The van der Waals surface area contributed by atoms with Gasteiger partial charge in [-0.15, -0.1) is 11.3 Å². The van der Waals surface area contributed by atoms with Crippen LogP contribution in [0.2, 0.25) is 0 Å². The van der Waals surface area contributed by atoms with Gasteiger partial charge in [0, 0.05) is 30.5 Å². The van der Waals surface area contributed by atoms with E-state index in [2.05, 4.69) is 30.5 Å². The van der Waals surface area contributed by atoms with Gasteiger partial charge in [-0.05, 0) is 51.3 Å². The largest absolute Gasteiger partial charge is 0.461 e. The number of fused-ring (bicyclic) bond motifs is 5. The van der Waals surface area contributed by atoms with Gasteiger partial charge in [0.15, 0.2) is 11.6 Å². The first-order valence-electron chi connectivity index (χ1n) is 15.9. The van der Waals surface area contributed by atoms with Crippen LogP contribution < -0.4 is 15.4 Å². The summed E-state index contributed by atoms with van der Waals surface area (Å²) in [6.07, 6.45) is 1.10. The summed E-state index contributed by atoms with van der Waals surface area (Å²) in [4.78, 5) is 28.0. The lowest BCUT2D eigenvalue weighted by atomic mass is 9.93. The quantitative estimate of drug-likeness (QED) is 0.205. The first-order chi connectivity index (χ1) is 23.4. The lowest BCUT2D eigenvalue weighted by Gasteiger charge is -2.30. The molecule has 0 spiro atoms. The van der Waals surface area contributed by atoms with Gasteiger partial charge in [0.2, 0.25) is 0 Å². The highest BCUT2D eigenvalue weighted by Gasteiger charge is 2.49. The van der Waals surface area contributed by atoms with Gasteiger partial charge in [0.25, 0.3) is 0 Å². The van der Waals surface area contributed by atoms with Crippen LogP contribution in [-0.4, -0.2) is 81.2 Å². The fourth-order valence-corrected chi connectivity index (χ4v) is 8.16. The number of anilines is 2. The van der Waals surface area contributed by atoms with E-state index >= 15 is 8.78 Å². The molecule has 2 fully saturated rings. The van der Waals surface area contributed by atoms with Gasteiger partial charge in [-0.3, -0.25) is 15.2 Å². The van der Waals surface area contributed by atoms with Crippen molar-refractivity contribution < 1.29 is 37.3 Å². The average Bonchev–Trinajstić information content (AvgIpc) is 3.81. The number of rotatable bonds is 8. The Morgan fingerprint density at radius 2 is 2.06 bits per heavy atom. The molecule has 6 heterocycles. The smallest absolute Gasteiger partial charge is 0.412 e. The van der Waals surface area contributed by atoms with Gasteiger partial charge in [0.1, 0.15) is 40.8 Å². The van der Waals surface area contributed by atoms with E-state index in [0.717, 1.165) is 36.9 Å². The van der Waals surface area contributed by atoms with Crippen LogP contribution in [0.15, 0.2) is 6.20 Å². The van der Waals surface area contributed by atoms with E-state index in [-0.39, 0.29) is 82.2 Å². The number of alkyl halides is 1. The molecule has 2 saturated heterocycles. The number of nitrogens with zero attached hydrogens (tertiary/aromatic N) is 5. The molecule has 3 N–H and O–H groups in total. The van der Waals surface area contributed by atoms with Gasteiger partial charge in [-0.1, -0.05) is 0 Å². The molecular weight excluding hydrogens is 663 g/mol. The van der Waals surface area contributed by atoms with E-state index in [1.165, 1.54) is 0 Å². The van der Waals surface area contributed by atoms with E-state index in [0.29, 0.717) is 29.5 Å². The van der Waals surface area contributed by atoms with E-state index in [4.69, 9.17) is 14.2 Å². The molecule has 0 saturated carbocycles. The minimum absolute atomic E-state index is 0.0116. The summed E-state index contributed by atoms with van der Waals surface area (Å²) >= 11 is 0.808. The van der Waals surface area contributed by atoms with Gasteiger partial charge < -0.3 is 24.6 Å². The summed E-state index contributed by atoms with van der Waals surface area (Å²) in [5.41, 5.74) is -0.708. The number of thiophene rings is 1. The summed E-state index contributed by atoms with van der Waals surface area (Å²) in [5, 5.41) is 25.7. The predicted molar refractivity (Wildman–Crippen MR) is 175 cm³/mol. The zero-order valence-corrected chi connectivity index (χ0v) is 27.9. The van der Waals surface area contributed by atoms with E-state index in [1.54, 1.807) is 20.8 Å². The second-order valence-electron chi connectivity index (χ2n) is 13.4. The number of carbonyl (C=O) groups is 1. The Kier molecular flexibility index (Phi) is 8.50. The van der Waals surface area contributed by atoms with Crippen LogP contribution in [0.25, 0.3) is 32.2 Å². The van der Waals surface area contributed by atoms with Crippen LogP contribution in [0.5, 0.6) is 6.01 Å². The molecule has 4 aromatic rings. The van der Waals surface area contributed by atoms with Crippen molar-refractivity contribution >= 4 is 49.2 Å². The number of halogens is 3. The summed E-state index contributed by atoms with van der Waals surface area (Å²) in [5.74, 6) is -1.38. The highest BCUT2D eigenvalue weighted by atomic mass is 32.1. The van der Waals surface area contributed by atoms with Crippen molar-refractivity contribution in [3.63, 3.8) is 0 Å². The molecular formula is C33H34F3N7O5S. The lowest BCUT2D eigenvalue weighted by Crippen LogP contribution is -2.43. The summed E-state index contributed by atoms with van der Waals surface area (Å²) in [6.45, 7) is 6.14. The van der Waals surface area contributed by atoms with Gasteiger partial charge in [0.05, 0.1) is 52.9 Å². The molecule has 0 aliphatic carbocycles. The van der Waals surface area contributed by atoms with E-state index < -0.39 is 35.0 Å². The minimum Gasteiger partial charge on any atom is -0.461 e. The zero-order valence-electron chi connectivity index (χ0n) is 27.1. The van der Waals surface area contributed by atoms with Crippen molar-refractivity contribution in [2.24, 2.45) is 0 Å². The maximum Gasteiger partial charge on any atom is 0.412 e. The number of aliphatic hydroxyl groups excluding tert-OH is 1. The average molecular weight is 698 g/mol. The zero-order chi connectivity index (χ0) is 34.7. The number of ether oxygens (including phenoxy) is 3. The van der Waals surface area contributed by atoms with E-state index in [1.807, 2.05) is 6.07 Å². The molecule has 2 atom stereocenters. The number of carbonyl (C=O) groups excluding carboxylic acids is 1. The first kappa shape index (κ1) is 33.2. The first-order valence-corrected chi connectivity index (χ1v) is 16.8. The molecule has 0 bridgehead atoms. The van der Waals surface area contributed by atoms with Crippen molar-refractivity contribution in [1.29, 1.82) is 5.26 Å². The molecule has 258 valence electrons. The number of amides is 1. The third-order valence-corrected chi connectivity index (χ3v) is 10.2. The molecule has 12 nitrogen and oxygen atoms in total. The Balaban J connectivity index is 1.38. The second kappa shape index (κ2) is 12.5. The minimum atomic E-state index is -0.971. The molecule has 3 aromatic heterocycles. The Morgan fingerprint density at radius 3 is 2.82 bits per heavy atom. The molecule has 1 amide bonds. The topological polar surface area (TPSA) is 155 Å². The van der Waals surface area contributed by atoms with Crippen molar-refractivity contribution in [2.45, 2.75) is 70.6 Å². The Hall–Kier alpha value is -4.30. The van der Waals surface area contributed by atoms with Gasteiger partial charge in [-0.25, -0.2) is 18.0 Å². The van der Waals surface area contributed by atoms with Crippen LogP contribution >= 0.6 is 11.3 Å². The van der Waals surface area contributed by atoms with Crippen LogP contribution in [-0.2, 0) is 22.7 Å². The Labute approximate surface area is 283 Å². The van der Waals surface area contributed by atoms with Gasteiger partial charge in [-0.2, -0.15) is 15.2 Å². The molecule has 0 unspecified atom stereocenters. The van der Waals surface area contributed by atoms with Crippen LogP contribution in [0.4, 0.5) is 28.8 Å². The van der Waals surface area contributed by atoms with Crippen molar-refractivity contribution in [2.75, 3.05) is 43.5 Å². The molecule has 1 aromatic carbocycles. The highest BCUT2D eigenvalue weighted by molar-refractivity contribution is 7.23. The van der Waals surface area contributed by atoms with Crippen molar-refractivity contribution in [3.8, 4) is 23.3 Å². The molecule has 7 rings (SSSR count). The molecule has 3 aliphatic heterocycles. The van der Waals surface area contributed by atoms with Crippen molar-refractivity contribution in [1.82, 2.24) is 19.9 Å². The number of hydrogen-bond donors (Lipinski definition) is 3. The number of aliphatic hydroxyl groups is 1. The molecule has 0 radical (unpaired) electrons. The predicted octanol–water partition coefficient (Wildman–Crippen LogP) is 5.79. The van der Waals surface area contributed by atoms with Crippen LogP contribution in [0.3, 0.4) is 0 Å². The Bertz CT molecular complexity index is 2030. The van der Waals surface area contributed by atoms with Crippen LogP contribution in [0, 0.1) is 23.0 Å². The maximum absolute atomic E-state index is 17.1. The number of benzene rings is 1.